The smallest absolute Gasteiger partial charge is 0.161 e. The Morgan fingerprint density at radius 2 is 1.58 bits per heavy atom. The van der Waals surface area contributed by atoms with Crippen molar-refractivity contribution in [1.82, 2.24) is 14.9 Å². The molecule has 2 saturated heterocycles. The molecule has 1 aromatic carbocycles. The van der Waals surface area contributed by atoms with Crippen LogP contribution in [0.1, 0.15) is 12.8 Å². The van der Waals surface area contributed by atoms with Crippen molar-refractivity contribution in [3.05, 3.63) is 30.0 Å². The zero-order chi connectivity index (χ0) is 18.3. The highest BCUT2D eigenvalue weighted by molar-refractivity contribution is 7.91. The molecule has 140 valence electrons. The first-order valence-electron chi connectivity index (χ1n) is 8.72. The van der Waals surface area contributed by atoms with Crippen LogP contribution in [0.4, 0.5) is 14.6 Å². The van der Waals surface area contributed by atoms with Crippen molar-refractivity contribution >= 4 is 26.7 Å². The molecule has 0 aliphatic carbocycles. The zero-order valence-electron chi connectivity index (χ0n) is 14.2. The van der Waals surface area contributed by atoms with Crippen molar-refractivity contribution in [2.45, 2.75) is 18.9 Å². The van der Waals surface area contributed by atoms with Gasteiger partial charge in [-0.25, -0.2) is 22.2 Å². The topological polar surface area (TPSA) is 66.4 Å². The first-order chi connectivity index (χ1) is 12.4. The largest absolute Gasteiger partial charge is 0.355 e. The second kappa shape index (κ2) is 6.70. The van der Waals surface area contributed by atoms with Crippen LogP contribution in [-0.4, -0.2) is 67.0 Å². The number of anilines is 1. The SMILES string of the molecule is O=S1(=O)CCN(C2CCN(c3cnc4cc(F)c(F)cc4n3)CC2)CC1. The van der Waals surface area contributed by atoms with Gasteiger partial charge in [-0.3, -0.25) is 9.88 Å². The van der Waals surface area contributed by atoms with Crippen LogP contribution in [-0.2, 0) is 9.84 Å². The molecule has 4 rings (SSSR count). The Morgan fingerprint density at radius 3 is 2.23 bits per heavy atom. The molecule has 2 fully saturated rings. The summed E-state index contributed by atoms with van der Waals surface area (Å²) in [5, 5.41) is 0. The number of aromatic nitrogens is 2. The Bertz CT molecular complexity index is 916. The number of sulfone groups is 1. The minimum atomic E-state index is -2.86. The average Bonchev–Trinajstić information content (AvgIpc) is 2.63. The molecule has 0 spiro atoms. The maximum absolute atomic E-state index is 13.4. The predicted molar refractivity (Wildman–Crippen MR) is 94.9 cm³/mol. The molecule has 2 aliphatic rings. The summed E-state index contributed by atoms with van der Waals surface area (Å²) in [7, 11) is -2.86. The van der Waals surface area contributed by atoms with Crippen LogP contribution < -0.4 is 4.90 Å². The van der Waals surface area contributed by atoms with E-state index in [9.17, 15) is 17.2 Å². The summed E-state index contributed by atoms with van der Waals surface area (Å²) in [5.41, 5.74) is 0.668. The minimum Gasteiger partial charge on any atom is -0.355 e. The van der Waals surface area contributed by atoms with Gasteiger partial charge in [0.15, 0.2) is 21.5 Å². The van der Waals surface area contributed by atoms with Crippen LogP contribution in [0.3, 0.4) is 0 Å². The lowest BCUT2D eigenvalue weighted by molar-refractivity contribution is 0.182. The van der Waals surface area contributed by atoms with Gasteiger partial charge in [-0.15, -0.1) is 0 Å². The Hall–Kier alpha value is -1.87. The van der Waals surface area contributed by atoms with Gasteiger partial charge in [0.05, 0.1) is 28.7 Å². The molecule has 0 unspecified atom stereocenters. The van der Waals surface area contributed by atoms with Gasteiger partial charge in [-0.05, 0) is 12.8 Å². The molecule has 2 aliphatic heterocycles. The van der Waals surface area contributed by atoms with Gasteiger partial charge in [0, 0.05) is 44.4 Å². The Kier molecular flexibility index (Phi) is 4.52. The van der Waals surface area contributed by atoms with E-state index in [-0.39, 0.29) is 11.5 Å². The number of fused-ring (bicyclic) bond motifs is 1. The van der Waals surface area contributed by atoms with Crippen molar-refractivity contribution in [3.8, 4) is 0 Å². The quantitative estimate of drug-likeness (QED) is 0.786. The Morgan fingerprint density at radius 1 is 0.962 bits per heavy atom. The lowest BCUT2D eigenvalue weighted by Crippen LogP contribution is -2.50. The third-order valence-corrected chi connectivity index (χ3v) is 6.86. The van der Waals surface area contributed by atoms with Gasteiger partial charge in [0.2, 0.25) is 0 Å². The van der Waals surface area contributed by atoms with E-state index >= 15 is 0 Å². The van der Waals surface area contributed by atoms with Crippen LogP contribution in [0.5, 0.6) is 0 Å². The van der Waals surface area contributed by atoms with Crippen molar-refractivity contribution in [3.63, 3.8) is 0 Å². The highest BCUT2D eigenvalue weighted by Gasteiger charge is 2.30. The fourth-order valence-corrected chi connectivity index (χ4v) is 4.93. The highest BCUT2D eigenvalue weighted by Crippen LogP contribution is 2.24. The Labute approximate surface area is 150 Å². The number of benzene rings is 1. The standard InChI is InChI=1S/C17H20F2N4O2S/c18-13-9-15-16(10-14(13)19)21-17(11-20-15)23-3-1-12(2-4-23)22-5-7-26(24,25)8-6-22/h9-12H,1-8H2. The summed E-state index contributed by atoms with van der Waals surface area (Å²) in [6.07, 6.45) is 3.42. The maximum Gasteiger partial charge on any atom is 0.161 e. The molecule has 9 heteroatoms. The van der Waals surface area contributed by atoms with Gasteiger partial charge in [0.25, 0.3) is 0 Å². The summed E-state index contributed by atoms with van der Waals surface area (Å²) in [5.74, 6) is -0.716. The van der Waals surface area contributed by atoms with Crippen molar-refractivity contribution < 1.29 is 17.2 Å². The molecule has 1 aromatic heterocycles. The Balaban J connectivity index is 1.43. The van der Waals surface area contributed by atoms with Crippen LogP contribution in [0.2, 0.25) is 0 Å². The number of piperidine rings is 1. The monoisotopic (exact) mass is 382 g/mol. The van der Waals surface area contributed by atoms with Crippen LogP contribution in [0.15, 0.2) is 18.3 Å². The lowest BCUT2D eigenvalue weighted by atomic mass is 10.0. The van der Waals surface area contributed by atoms with E-state index in [1.165, 1.54) is 0 Å². The van der Waals surface area contributed by atoms with E-state index in [0.717, 1.165) is 38.1 Å². The zero-order valence-corrected chi connectivity index (χ0v) is 15.1. The number of halogens is 2. The number of nitrogens with zero attached hydrogens (tertiary/aromatic N) is 4. The fourth-order valence-electron chi connectivity index (χ4n) is 3.70. The molecule has 2 aromatic rings. The second-order valence-corrected chi connectivity index (χ2v) is 9.19. The highest BCUT2D eigenvalue weighted by atomic mass is 32.2. The summed E-state index contributed by atoms with van der Waals surface area (Å²) in [4.78, 5) is 13.0. The summed E-state index contributed by atoms with van der Waals surface area (Å²) >= 11 is 0. The van der Waals surface area contributed by atoms with Gasteiger partial charge in [-0.1, -0.05) is 0 Å². The summed E-state index contributed by atoms with van der Waals surface area (Å²) in [6, 6.07) is 2.50. The predicted octanol–water partition coefficient (Wildman–Crippen LogP) is 1.61. The average molecular weight is 382 g/mol. The second-order valence-electron chi connectivity index (χ2n) is 6.89. The van der Waals surface area contributed by atoms with E-state index in [0.29, 0.717) is 36.0 Å². The molecule has 0 amide bonds. The van der Waals surface area contributed by atoms with Gasteiger partial charge >= 0.3 is 0 Å². The normalized spacial score (nSPS) is 22.0. The van der Waals surface area contributed by atoms with E-state index in [1.807, 2.05) is 0 Å². The van der Waals surface area contributed by atoms with Gasteiger partial charge in [-0.2, -0.15) is 0 Å². The fraction of sp³-hybridized carbons (Fsp3) is 0.529. The molecular formula is C17H20F2N4O2S. The van der Waals surface area contributed by atoms with Crippen LogP contribution in [0, 0.1) is 11.6 Å². The van der Waals surface area contributed by atoms with Crippen molar-refractivity contribution in [2.24, 2.45) is 0 Å². The van der Waals surface area contributed by atoms with Crippen LogP contribution >= 0.6 is 0 Å². The molecule has 0 bridgehead atoms. The molecule has 26 heavy (non-hydrogen) atoms. The van der Waals surface area contributed by atoms with E-state index in [4.69, 9.17) is 0 Å². The van der Waals surface area contributed by atoms with Crippen molar-refractivity contribution in [1.29, 1.82) is 0 Å². The summed E-state index contributed by atoms with van der Waals surface area (Å²) in [6.45, 7) is 2.76. The molecular weight excluding hydrogens is 362 g/mol. The summed E-state index contributed by atoms with van der Waals surface area (Å²) < 4.78 is 49.8. The molecule has 0 atom stereocenters. The van der Waals surface area contributed by atoms with E-state index in [2.05, 4.69) is 19.8 Å². The van der Waals surface area contributed by atoms with Crippen molar-refractivity contribution in [2.75, 3.05) is 42.6 Å². The van der Waals surface area contributed by atoms with E-state index < -0.39 is 21.5 Å². The van der Waals surface area contributed by atoms with E-state index in [1.54, 1.807) is 6.20 Å². The van der Waals surface area contributed by atoms with Crippen LogP contribution in [0.25, 0.3) is 11.0 Å². The third-order valence-electron chi connectivity index (χ3n) is 5.26. The minimum absolute atomic E-state index is 0.242. The first kappa shape index (κ1) is 17.5. The molecule has 0 N–H and O–H groups in total. The molecule has 0 saturated carbocycles. The maximum atomic E-state index is 13.4. The first-order valence-corrected chi connectivity index (χ1v) is 10.5. The number of rotatable bonds is 2. The molecule has 0 radical (unpaired) electrons. The third kappa shape index (κ3) is 3.50. The number of hydrogen-bond acceptors (Lipinski definition) is 6. The molecule has 6 nitrogen and oxygen atoms in total. The molecule has 3 heterocycles. The number of hydrogen-bond donors (Lipinski definition) is 0. The van der Waals surface area contributed by atoms with Gasteiger partial charge < -0.3 is 4.90 Å². The lowest BCUT2D eigenvalue weighted by Gasteiger charge is -2.40. The van der Waals surface area contributed by atoms with Gasteiger partial charge in [0.1, 0.15) is 5.82 Å².